The monoisotopic (exact) mass is 237 g/mol. The highest BCUT2D eigenvalue weighted by Crippen LogP contribution is 2.03. The highest BCUT2D eigenvalue weighted by Gasteiger charge is 2.00. The highest BCUT2D eigenvalue weighted by molar-refractivity contribution is 5.92. The van der Waals surface area contributed by atoms with Crippen LogP contribution < -0.4 is 11.1 Å². The van der Waals surface area contributed by atoms with E-state index in [0.29, 0.717) is 24.5 Å². The number of carbonyl (C=O) groups excluding carboxylic acids is 1. The summed E-state index contributed by atoms with van der Waals surface area (Å²) >= 11 is 0. The average molecular weight is 237 g/mol. The third-order valence-electron chi connectivity index (χ3n) is 2.24. The largest absolute Gasteiger partial charge is 0.380 e. The summed E-state index contributed by atoms with van der Waals surface area (Å²) in [6.45, 7) is 4.28. The summed E-state index contributed by atoms with van der Waals surface area (Å²) < 4.78 is 5.39. The molecule has 1 amide bonds. The maximum absolute atomic E-state index is 10.8. The Morgan fingerprint density at radius 3 is 2.88 bits per heavy atom. The second kappa shape index (κ2) is 7.62. The molecule has 5 heteroatoms. The Bertz CT molecular complexity index is 338. The van der Waals surface area contributed by atoms with Gasteiger partial charge < -0.3 is 15.8 Å². The van der Waals surface area contributed by atoms with E-state index in [9.17, 15) is 4.79 Å². The van der Waals surface area contributed by atoms with Gasteiger partial charge in [0, 0.05) is 19.3 Å². The Morgan fingerprint density at radius 2 is 2.29 bits per heavy atom. The first-order valence-electron chi connectivity index (χ1n) is 5.81. The molecular formula is C12H19N3O2. The molecule has 0 atom stereocenters. The molecule has 0 aliphatic carbocycles. The Balaban J connectivity index is 2.21. The van der Waals surface area contributed by atoms with Gasteiger partial charge in [0.05, 0.1) is 12.2 Å². The molecule has 0 bridgehead atoms. The third kappa shape index (κ3) is 5.31. The molecule has 1 heterocycles. The Labute approximate surface area is 101 Å². The number of anilines is 1. The molecule has 0 fully saturated rings. The highest BCUT2D eigenvalue weighted by atomic mass is 16.5. The Kier molecular flexibility index (Phi) is 6.03. The van der Waals surface area contributed by atoms with Crippen molar-refractivity contribution in [2.24, 2.45) is 5.73 Å². The lowest BCUT2D eigenvalue weighted by Gasteiger charge is -2.06. The van der Waals surface area contributed by atoms with Crippen LogP contribution in [0.1, 0.15) is 30.1 Å². The summed E-state index contributed by atoms with van der Waals surface area (Å²) in [5, 5.41) is 3.10. The van der Waals surface area contributed by atoms with E-state index in [1.165, 1.54) is 6.20 Å². The van der Waals surface area contributed by atoms with Gasteiger partial charge in [-0.25, -0.2) is 4.98 Å². The summed E-state index contributed by atoms with van der Waals surface area (Å²) in [5.74, 6) is 0.251. The first-order chi connectivity index (χ1) is 8.24. The maximum Gasteiger partial charge on any atom is 0.250 e. The number of hydrogen-bond donors (Lipinski definition) is 2. The summed E-state index contributed by atoms with van der Waals surface area (Å²) in [7, 11) is 0. The number of nitrogens with two attached hydrogens (primary N) is 1. The number of rotatable bonds is 8. The zero-order valence-corrected chi connectivity index (χ0v) is 10.1. The molecule has 0 saturated carbocycles. The fourth-order valence-corrected chi connectivity index (χ4v) is 1.24. The van der Waals surface area contributed by atoms with Gasteiger partial charge in [-0.1, -0.05) is 13.3 Å². The lowest BCUT2D eigenvalue weighted by Crippen LogP contribution is -2.13. The molecule has 0 radical (unpaired) electrons. The number of unbranched alkanes of at least 4 members (excludes halogenated alkanes) is 1. The molecule has 0 spiro atoms. The summed E-state index contributed by atoms with van der Waals surface area (Å²) in [6.07, 6.45) is 3.69. The average Bonchev–Trinajstić information content (AvgIpc) is 2.34. The van der Waals surface area contributed by atoms with E-state index < -0.39 is 5.91 Å². The van der Waals surface area contributed by atoms with Gasteiger partial charge in [-0.05, 0) is 18.6 Å². The molecule has 0 aromatic carbocycles. The van der Waals surface area contributed by atoms with Crippen LogP contribution in [0.25, 0.3) is 0 Å². The van der Waals surface area contributed by atoms with Gasteiger partial charge in [-0.2, -0.15) is 0 Å². The van der Waals surface area contributed by atoms with Gasteiger partial charge in [0.2, 0.25) is 5.91 Å². The van der Waals surface area contributed by atoms with Crippen LogP contribution in [0.2, 0.25) is 0 Å². The number of amides is 1. The number of carbonyl (C=O) groups is 1. The molecule has 0 unspecified atom stereocenters. The Hall–Kier alpha value is -1.62. The smallest absolute Gasteiger partial charge is 0.250 e. The zero-order chi connectivity index (χ0) is 12.5. The molecule has 1 aromatic heterocycles. The topological polar surface area (TPSA) is 77.2 Å². The standard InChI is InChI=1S/C12H19N3O2/c1-2-3-7-17-8-6-14-11-5-4-10(9-15-11)12(13)16/h4-5,9H,2-3,6-8H2,1H3,(H2,13,16)(H,14,15). The number of nitrogens with zero attached hydrogens (tertiary/aromatic N) is 1. The first kappa shape index (κ1) is 13.4. The van der Waals surface area contributed by atoms with Crippen molar-refractivity contribution in [1.82, 2.24) is 4.98 Å². The fourth-order valence-electron chi connectivity index (χ4n) is 1.24. The quantitative estimate of drug-likeness (QED) is 0.670. The summed E-state index contributed by atoms with van der Waals surface area (Å²) in [5.41, 5.74) is 5.52. The van der Waals surface area contributed by atoms with E-state index in [4.69, 9.17) is 10.5 Å². The molecule has 0 aliphatic rings. The van der Waals surface area contributed by atoms with Crippen LogP contribution in [0.15, 0.2) is 18.3 Å². The van der Waals surface area contributed by atoms with E-state index in [0.717, 1.165) is 19.4 Å². The predicted octanol–water partition coefficient (Wildman–Crippen LogP) is 1.41. The lowest BCUT2D eigenvalue weighted by molar-refractivity contribution is 0.1000. The van der Waals surface area contributed by atoms with Crippen molar-refractivity contribution >= 4 is 11.7 Å². The van der Waals surface area contributed by atoms with Crippen LogP contribution in [-0.4, -0.2) is 30.6 Å². The maximum atomic E-state index is 10.8. The lowest BCUT2D eigenvalue weighted by atomic mass is 10.3. The van der Waals surface area contributed by atoms with Crippen LogP contribution in [-0.2, 0) is 4.74 Å². The molecule has 17 heavy (non-hydrogen) atoms. The minimum atomic E-state index is -0.466. The van der Waals surface area contributed by atoms with E-state index in [2.05, 4.69) is 17.2 Å². The fraction of sp³-hybridized carbons (Fsp3) is 0.500. The number of nitrogens with one attached hydrogen (secondary N) is 1. The Morgan fingerprint density at radius 1 is 1.47 bits per heavy atom. The van der Waals surface area contributed by atoms with Gasteiger partial charge >= 0.3 is 0 Å². The van der Waals surface area contributed by atoms with Crippen molar-refractivity contribution in [1.29, 1.82) is 0 Å². The van der Waals surface area contributed by atoms with Gasteiger partial charge in [-0.15, -0.1) is 0 Å². The molecule has 1 rings (SSSR count). The number of pyridine rings is 1. The van der Waals surface area contributed by atoms with Crippen molar-refractivity contribution < 1.29 is 9.53 Å². The van der Waals surface area contributed by atoms with Crippen molar-refractivity contribution in [2.75, 3.05) is 25.1 Å². The summed E-state index contributed by atoms with van der Waals surface area (Å²) in [4.78, 5) is 14.9. The first-order valence-corrected chi connectivity index (χ1v) is 5.81. The molecule has 94 valence electrons. The molecule has 0 saturated heterocycles. The van der Waals surface area contributed by atoms with Crippen LogP contribution >= 0.6 is 0 Å². The molecular weight excluding hydrogens is 218 g/mol. The van der Waals surface area contributed by atoms with Gasteiger partial charge in [0.25, 0.3) is 0 Å². The second-order valence-corrected chi connectivity index (χ2v) is 3.69. The van der Waals surface area contributed by atoms with Crippen LogP contribution in [0.4, 0.5) is 5.82 Å². The van der Waals surface area contributed by atoms with Crippen LogP contribution in [0.3, 0.4) is 0 Å². The van der Waals surface area contributed by atoms with E-state index in [-0.39, 0.29) is 0 Å². The van der Waals surface area contributed by atoms with Crippen LogP contribution in [0, 0.1) is 0 Å². The SMILES string of the molecule is CCCCOCCNc1ccc(C(N)=O)cn1. The van der Waals surface area contributed by atoms with Gasteiger partial charge in [0.15, 0.2) is 0 Å². The third-order valence-corrected chi connectivity index (χ3v) is 2.24. The van der Waals surface area contributed by atoms with Crippen LogP contribution in [0.5, 0.6) is 0 Å². The summed E-state index contributed by atoms with van der Waals surface area (Å²) in [6, 6.07) is 3.38. The zero-order valence-electron chi connectivity index (χ0n) is 10.1. The van der Waals surface area contributed by atoms with Crippen molar-refractivity contribution in [2.45, 2.75) is 19.8 Å². The number of primary amides is 1. The number of aromatic nitrogens is 1. The van der Waals surface area contributed by atoms with E-state index in [1.54, 1.807) is 12.1 Å². The second-order valence-electron chi connectivity index (χ2n) is 3.69. The molecule has 3 N–H and O–H groups in total. The number of ether oxygens (including phenoxy) is 1. The van der Waals surface area contributed by atoms with Gasteiger partial charge in [0.1, 0.15) is 5.82 Å². The minimum absolute atomic E-state index is 0.412. The predicted molar refractivity (Wildman–Crippen MR) is 67.0 cm³/mol. The number of hydrogen-bond acceptors (Lipinski definition) is 4. The van der Waals surface area contributed by atoms with Crippen molar-refractivity contribution in [3.63, 3.8) is 0 Å². The van der Waals surface area contributed by atoms with E-state index in [1.807, 2.05) is 0 Å². The molecule has 5 nitrogen and oxygen atoms in total. The van der Waals surface area contributed by atoms with E-state index >= 15 is 0 Å². The minimum Gasteiger partial charge on any atom is -0.380 e. The molecule has 0 aliphatic heterocycles. The van der Waals surface area contributed by atoms with Crippen molar-refractivity contribution in [3.05, 3.63) is 23.9 Å². The molecule has 1 aromatic rings. The van der Waals surface area contributed by atoms with Crippen molar-refractivity contribution in [3.8, 4) is 0 Å². The van der Waals surface area contributed by atoms with Gasteiger partial charge in [-0.3, -0.25) is 4.79 Å². The normalized spacial score (nSPS) is 10.2.